The molecule has 12 heteroatoms. The average molecular weight is 557 g/mol. The molecule has 1 aromatic heterocycles. The van der Waals surface area contributed by atoms with Crippen LogP contribution in [0.25, 0.3) is 0 Å². The Morgan fingerprint density at radius 3 is 2.03 bits per heavy atom. The summed E-state index contributed by atoms with van der Waals surface area (Å²) in [5.74, 6) is -1.29. The van der Waals surface area contributed by atoms with Gasteiger partial charge < -0.3 is 19.0 Å². The molecule has 39 heavy (non-hydrogen) atoms. The van der Waals surface area contributed by atoms with E-state index in [0.29, 0.717) is 24.3 Å². The Hall–Kier alpha value is -3.80. The quantitative estimate of drug-likeness (QED) is 0.285. The normalized spacial score (nSPS) is 11.9. The summed E-state index contributed by atoms with van der Waals surface area (Å²) in [5, 5.41) is 0. The molecule has 0 aliphatic heterocycles. The van der Waals surface area contributed by atoms with Gasteiger partial charge in [0.1, 0.15) is 12.3 Å². The molecule has 2 amide bonds. The zero-order chi connectivity index (χ0) is 28.6. The van der Waals surface area contributed by atoms with Crippen molar-refractivity contribution in [2.45, 2.75) is 25.3 Å². The Kier molecular flexibility index (Phi) is 9.79. The SMILES string of the molecule is COCCN(CC(=O)N(CCc1ccccc1)Cc1ccco1)C(=O)c1cc(C(F)(F)F)cc(C(F)(F)F)c1. The molecule has 0 fully saturated rings. The Morgan fingerprint density at radius 1 is 0.846 bits per heavy atom. The highest BCUT2D eigenvalue weighted by Gasteiger charge is 2.38. The monoisotopic (exact) mass is 556 g/mol. The summed E-state index contributed by atoms with van der Waals surface area (Å²) in [5.41, 5.74) is -3.16. The minimum Gasteiger partial charge on any atom is -0.467 e. The summed E-state index contributed by atoms with van der Waals surface area (Å²) >= 11 is 0. The van der Waals surface area contributed by atoms with Crippen molar-refractivity contribution in [3.63, 3.8) is 0 Å². The smallest absolute Gasteiger partial charge is 0.416 e. The number of carbonyl (C=O) groups excluding carboxylic acids is 2. The number of hydrogen-bond donors (Lipinski definition) is 0. The number of halogens is 6. The first-order chi connectivity index (χ1) is 18.4. The van der Waals surface area contributed by atoms with Gasteiger partial charge in [-0.1, -0.05) is 30.3 Å². The second kappa shape index (κ2) is 12.8. The fourth-order valence-electron chi connectivity index (χ4n) is 3.77. The van der Waals surface area contributed by atoms with Crippen molar-refractivity contribution >= 4 is 11.8 Å². The zero-order valence-corrected chi connectivity index (χ0v) is 20.9. The summed E-state index contributed by atoms with van der Waals surface area (Å²) < 4.78 is 90.3. The minimum absolute atomic E-state index is 0.0484. The molecule has 3 rings (SSSR count). The molecule has 6 nitrogen and oxygen atoms in total. The van der Waals surface area contributed by atoms with Gasteiger partial charge in [0, 0.05) is 25.8 Å². The van der Waals surface area contributed by atoms with Crippen molar-refractivity contribution in [1.29, 1.82) is 0 Å². The Morgan fingerprint density at radius 2 is 1.49 bits per heavy atom. The summed E-state index contributed by atoms with van der Waals surface area (Å²) in [6.45, 7) is -0.683. The fourth-order valence-corrected chi connectivity index (χ4v) is 3.77. The molecule has 0 unspecified atom stereocenters. The lowest BCUT2D eigenvalue weighted by molar-refractivity contribution is -0.143. The third-order valence-electron chi connectivity index (χ3n) is 5.81. The van der Waals surface area contributed by atoms with Gasteiger partial charge in [-0.05, 0) is 42.3 Å². The van der Waals surface area contributed by atoms with Crippen LogP contribution in [0.5, 0.6) is 0 Å². The average Bonchev–Trinajstić information content (AvgIpc) is 3.41. The molecule has 0 spiro atoms. The molecule has 0 bridgehead atoms. The van der Waals surface area contributed by atoms with Crippen molar-refractivity contribution in [2.75, 3.05) is 33.4 Å². The minimum atomic E-state index is -5.12. The van der Waals surface area contributed by atoms with Crippen LogP contribution in [0.4, 0.5) is 26.3 Å². The number of furan rings is 1. The van der Waals surface area contributed by atoms with Gasteiger partial charge in [-0.2, -0.15) is 26.3 Å². The van der Waals surface area contributed by atoms with Crippen LogP contribution in [0.1, 0.15) is 32.8 Å². The molecule has 0 saturated carbocycles. The molecule has 0 aliphatic carbocycles. The van der Waals surface area contributed by atoms with E-state index in [1.54, 1.807) is 12.1 Å². The summed E-state index contributed by atoms with van der Waals surface area (Å²) in [7, 11) is 1.31. The van der Waals surface area contributed by atoms with E-state index in [9.17, 15) is 35.9 Å². The van der Waals surface area contributed by atoms with Crippen molar-refractivity contribution in [2.24, 2.45) is 0 Å². The highest BCUT2D eigenvalue weighted by molar-refractivity contribution is 5.97. The zero-order valence-electron chi connectivity index (χ0n) is 20.9. The Balaban J connectivity index is 1.88. The van der Waals surface area contributed by atoms with Gasteiger partial charge in [-0.25, -0.2) is 0 Å². The number of ether oxygens (including phenoxy) is 1. The molecule has 0 atom stereocenters. The van der Waals surface area contributed by atoms with E-state index in [2.05, 4.69) is 0 Å². The largest absolute Gasteiger partial charge is 0.467 e. The van der Waals surface area contributed by atoms with Crippen LogP contribution in [0, 0.1) is 0 Å². The van der Waals surface area contributed by atoms with Gasteiger partial charge in [0.2, 0.25) is 5.91 Å². The Labute approximate surface area is 220 Å². The molecule has 0 aliphatic rings. The maximum atomic E-state index is 13.3. The summed E-state index contributed by atoms with van der Waals surface area (Å²) in [4.78, 5) is 28.8. The van der Waals surface area contributed by atoms with Crippen LogP contribution >= 0.6 is 0 Å². The first-order valence-corrected chi connectivity index (χ1v) is 11.8. The third-order valence-corrected chi connectivity index (χ3v) is 5.81. The number of nitrogens with zero attached hydrogens (tertiary/aromatic N) is 2. The molecule has 0 N–H and O–H groups in total. The topological polar surface area (TPSA) is 63.0 Å². The van der Waals surface area contributed by atoms with E-state index in [1.807, 2.05) is 30.3 Å². The van der Waals surface area contributed by atoms with Crippen LogP contribution < -0.4 is 0 Å². The van der Waals surface area contributed by atoms with Crippen LogP contribution in [-0.4, -0.2) is 55.0 Å². The molecule has 0 saturated heterocycles. The highest BCUT2D eigenvalue weighted by Crippen LogP contribution is 2.36. The van der Waals surface area contributed by atoms with Gasteiger partial charge in [0.25, 0.3) is 5.91 Å². The molecular formula is C27H26F6N2O4. The number of methoxy groups -OCH3 is 1. The van der Waals surface area contributed by atoms with Crippen LogP contribution in [-0.2, 0) is 34.8 Å². The summed E-state index contributed by atoms with van der Waals surface area (Å²) in [6, 6.07) is 13.2. The maximum Gasteiger partial charge on any atom is 0.416 e. The third kappa shape index (κ3) is 8.60. The predicted octanol–water partition coefficient (Wildman–Crippen LogP) is 5.68. The molecule has 3 aromatic rings. The van der Waals surface area contributed by atoms with Crippen molar-refractivity contribution in [1.82, 2.24) is 9.80 Å². The van der Waals surface area contributed by atoms with E-state index < -0.39 is 47.4 Å². The number of hydrogen-bond acceptors (Lipinski definition) is 4. The highest BCUT2D eigenvalue weighted by atomic mass is 19.4. The van der Waals surface area contributed by atoms with Gasteiger partial charge in [0.05, 0.1) is 30.5 Å². The van der Waals surface area contributed by atoms with E-state index in [0.717, 1.165) is 10.5 Å². The van der Waals surface area contributed by atoms with E-state index >= 15 is 0 Å². The lowest BCUT2D eigenvalue weighted by Crippen LogP contribution is -2.44. The fraction of sp³-hybridized carbons (Fsp3) is 0.333. The second-order valence-corrected chi connectivity index (χ2v) is 8.64. The molecule has 1 heterocycles. The second-order valence-electron chi connectivity index (χ2n) is 8.64. The van der Waals surface area contributed by atoms with Gasteiger partial charge >= 0.3 is 12.4 Å². The van der Waals surface area contributed by atoms with E-state index in [1.165, 1.54) is 18.3 Å². The predicted molar refractivity (Wildman–Crippen MR) is 128 cm³/mol. The molecule has 0 radical (unpaired) electrons. The van der Waals surface area contributed by atoms with Crippen LogP contribution in [0.3, 0.4) is 0 Å². The van der Waals surface area contributed by atoms with Gasteiger partial charge in [-0.15, -0.1) is 0 Å². The molecule has 2 aromatic carbocycles. The van der Waals surface area contributed by atoms with E-state index in [-0.39, 0.29) is 32.3 Å². The van der Waals surface area contributed by atoms with Crippen molar-refractivity contribution < 1.29 is 45.1 Å². The number of rotatable bonds is 11. The molecule has 210 valence electrons. The number of alkyl halides is 6. The van der Waals surface area contributed by atoms with Gasteiger partial charge in [-0.3, -0.25) is 9.59 Å². The first-order valence-electron chi connectivity index (χ1n) is 11.8. The van der Waals surface area contributed by atoms with Crippen molar-refractivity contribution in [3.05, 3.63) is 94.9 Å². The lowest BCUT2D eigenvalue weighted by Gasteiger charge is -2.28. The van der Waals surface area contributed by atoms with Crippen molar-refractivity contribution in [3.8, 4) is 0 Å². The first kappa shape index (κ1) is 29.8. The summed E-state index contributed by atoms with van der Waals surface area (Å²) in [6.07, 6.45) is -8.36. The van der Waals surface area contributed by atoms with Crippen LogP contribution in [0.2, 0.25) is 0 Å². The Bertz CT molecular complexity index is 1200. The number of amides is 2. The standard InChI is InChI=1S/C27H26F6N2O4/c1-38-13-11-35(25(37)20-14-21(26(28,29)30)16-22(15-20)27(31,32)33)18-24(36)34(17-23-8-5-12-39-23)10-9-19-6-3-2-4-7-19/h2-8,12,14-16H,9-11,13,17-18H2,1H3. The van der Waals surface area contributed by atoms with E-state index in [4.69, 9.17) is 9.15 Å². The maximum absolute atomic E-state index is 13.3. The number of benzene rings is 2. The molecular weight excluding hydrogens is 530 g/mol. The van der Waals surface area contributed by atoms with Gasteiger partial charge in [0.15, 0.2) is 0 Å². The van der Waals surface area contributed by atoms with Crippen LogP contribution in [0.15, 0.2) is 71.3 Å². The lowest BCUT2D eigenvalue weighted by atomic mass is 10.0. The number of carbonyl (C=O) groups is 2.